The Kier molecular flexibility index (Phi) is 9.10. The summed E-state index contributed by atoms with van der Waals surface area (Å²) < 4.78 is 38.9. The van der Waals surface area contributed by atoms with Gasteiger partial charge in [-0.3, -0.25) is 19.1 Å². The Labute approximate surface area is 277 Å². The molecular weight excluding hydrogens is 654 g/mol. The molecule has 1 aromatic carbocycles. The highest BCUT2D eigenvalue weighted by atomic mass is 35.5. The molecule has 47 heavy (non-hydrogen) atoms. The minimum absolute atomic E-state index is 0.0475. The molecule has 2 heterocycles. The topological polar surface area (TPSA) is 193 Å². The third kappa shape index (κ3) is 6.96. The standard InChI is InChI=1S/C31H38ClN5O9S/c1-6-16-13-31(16,28(40)36-47(43,44)19-8-9-19)35-25(38)22-12-18(15-37(22)27(39)24(30(2,3)4)34-29(41)42)46-26-21-11-17(32)7-10-20(21)23(45-5)14-33-26/h6-7,10-11,14,16,18-19,22,24,34H,1,8-9,12-13,15H2,2-5H3,(H,35,38)(H,36,40)(H,41,42)/t16?,18-,22+,24-,31?/m1/s1. The number of fused-ring (bicyclic) bond motifs is 1. The molecule has 0 bridgehead atoms. The van der Waals surface area contributed by atoms with Crippen molar-refractivity contribution in [2.45, 2.75) is 75.4 Å². The molecule has 0 spiro atoms. The molecule has 0 radical (unpaired) electrons. The van der Waals surface area contributed by atoms with Crippen LogP contribution in [0.3, 0.4) is 0 Å². The Morgan fingerprint density at radius 2 is 1.91 bits per heavy atom. The van der Waals surface area contributed by atoms with Crippen molar-refractivity contribution in [1.82, 2.24) is 25.2 Å². The molecule has 2 unspecified atom stereocenters. The lowest BCUT2D eigenvalue weighted by atomic mass is 9.85. The summed E-state index contributed by atoms with van der Waals surface area (Å²) in [6.45, 7) is 8.64. The highest BCUT2D eigenvalue weighted by Gasteiger charge is 2.62. The van der Waals surface area contributed by atoms with Crippen molar-refractivity contribution >= 4 is 56.2 Å². The Morgan fingerprint density at radius 3 is 2.49 bits per heavy atom. The average Bonchev–Trinajstić information content (AvgIpc) is 3.92. The second-order valence-corrected chi connectivity index (χ2v) is 15.6. The number of likely N-dealkylation sites (tertiary alicyclic amines) is 1. The second kappa shape index (κ2) is 12.5. The summed E-state index contributed by atoms with van der Waals surface area (Å²) in [7, 11) is -2.41. The van der Waals surface area contributed by atoms with Gasteiger partial charge < -0.3 is 30.1 Å². The van der Waals surface area contributed by atoms with Crippen molar-refractivity contribution in [3.63, 3.8) is 0 Å². The van der Waals surface area contributed by atoms with Gasteiger partial charge in [0, 0.05) is 28.1 Å². The fourth-order valence-corrected chi connectivity index (χ4v) is 7.45. The Balaban J connectivity index is 1.45. The Bertz CT molecular complexity index is 1740. The third-order valence-corrected chi connectivity index (χ3v) is 10.8. The molecular formula is C31H38ClN5O9S. The lowest BCUT2D eigenvalue weighted by molar-refractivity contribution is -0.142. The van der Waals surface area contributed by atoms with E-state index in [4.69, 9.17) is 21.1 Å². The van der Waals surface area contributed by atoms with E-state index in [-0.39, 0.29) is 25.3 Å². The first-order valence-electron chi connectivity index (χ1n) is 15.1. The number of ether oxygens (including phenoxy) is 2. The van der Waals surface area contributed by atoms with Crippen LogP contribution in [0, 0.1) is 11.3 Å². The molecule has 3 fully saturated rings. The van der Waals surface area contributed by atoms with Crippen LogP contribution in [0.1, 0.15) is 46.5 Å². The number of nitrogens with one attached hydrogen (secondary N) is 3. The average molecular weight is 692 g/mol. The maximum Gasteiger partial charge on any atom is 0.405 e. The molecule has 3 aliphatic rings. The van der Waals surface area contributed by atoms with E-state index in [1.165, 1.54) is 24.3 Å². The summed E-state index contributed by atoms with van der Waals surface area (Å²) in [5.74, 6) is -2.18. The maximum atomic E-state index is 14.0. The summed E-state index contributed by atoms with van der Waals surface area (Å²) in [4.78, 5) is 58.7. The van der Waals surface area contributed by atoms with Gasteiger partial charge in [-0.25, -0.2) is 18.2 Å². The first-order chi connectivity index (χ1) is 22.0. The fourth-order valence-electron chi connectivity index (χ4n) is 5.91. The molecule has 2 aromatic rings. The number of methoxy groups -OCH3 is 1. The molecule has 1 saturated heterocycles. The second-order valence-electron chi connectivity index (χ2n) is 13.2. The van der Waals surface area contributed by atoms with Crippen molar-refractivity contribution in [3.8, 4) is 11.6 Å². The number of pyridine rings is 1. The Hall–Kier alpha value is -4.11. The van der Waals surface area contributed by atoms with Gasteiger partial charge in [0.15, 0.2) is 0 Å². The molecule has 254 valence electrons. The summed E-state index contributed by atoms with van der Waals surface area (Å²) >= 11 is 6.27. The number of amides is 4. The molecule has 4 N–H and O–H groups in total. The van der Waals surface area contributed by atoms with Crippen LogP contribution < -0.4 is 24.8 Å². The van der Waals surface area contributed by atoms with Gasteiger partial charge in [0.25, 0.3) is 5.91 Å². The van der Waals surface area contributed by atoms with Gasteiger partial charge in [-0.2, -0.15) is 0 Å². The normalized spacial score (nSPS) is 24.6. The number of hydrogen-bond donors (Lipinski definition) is 4. The van der Waals surface area contributed by atoms with Crippen LogP contribution in [0.2, 0.25) is 5.02 Å². The molecule has 4 amide bonds. The minimum atomic E-state index is -3.91. The van der Waals surface area contributed by atoms with E-state index < -0.39 is 74.1 Å². The monoisotopic (exact) mass is 691 g/mol. The zero-order chi connectivity index (χ0) is 34.5. The number of aromatic nitrogens is 1. The number of carboxylic acid groups (broad SMARTS) is 1. The molecule has 14 nitrogen and oxygen atoms in total. The predicted molar refractivity (Wildman–Crippen MR) is 172 cm³/mol. The number of carbonyl (C=O) groups excluding carboxylic acids is 3. The van der Waals surface area contributed by atoms with Crippen LogP contribution in [0.5, 0.6) is 11.6 Å². The van der Waals surface area contributed by atoms with Gasteiger partial charge in [0.1, 0.15) is 29.5 Å². The molecule has 2 aliphatic carbocycles. The fraction of sp³-hybridized carbons (Fsp3) is 0.516. The quantitative estimate of drug-likeness (QED) is 0.255. The van der Waals surface area contributed by atoms with E-state index in [2.05, 4.69) is 26.9 Å². The first-order valence-corrected chi connectivity index (χ1v) is 17.0. The van der Waals surface area contributed by atoms with E-state index in [1.54, 1.807) is 39.0 Å². The van der Waals surface area contributed by atoms with E-state index >= 15 is 0 Å². The number of benzene rings is 1. The molecule has 16 heteroatoms. The van der Waals surface area contributed by atoms with Crippen LogP contribution in [-0.2, 0) is 24.4 Å². The van der Waals surface area contributed by atoms with Gasteiger partial charge in [-0.15, -0.1) is 6.58 Å². The van der Waals surface area contributed by atoms with Crippen LogP contribution in [0.25, 0.3) is 10.8 Å². The molecule has 1 aliphatic heterocycles. The lowest BCUT2D eigenvalue weighted by Crippen LogP contribution is -2.60. The first kappa shape index (κ1) is 34.2. The van der Waals surface area contributed by atoms with Crippen LogP contribution in [0.4, 0.5) is 4.79 Å². The van der Waals surface area contributed by atoms with Gasteiger partial charge in [-0.1, -0.05) is 38.4 Å². The smallest absolute Gasteiger partial charge is 0.405 e. The van der Waals surface area contributed by atoms with Crippen molar-refractivity contribution in [3.05, 3.63) is 42.1 Å². The Morgan fingerprint density at radius 1 is 1.21 bits per heavy atom. The molecule has 5 rings (SSSR count). The summed E-state index contributed by atoms with van der Waals surface area (Å²) in [5, 5.41) is 15.5. The van der Waals surface area contributed by atoms with Crippen molar-refractivity contribution in [2.24, 2.45) is 11.3 Å². The van der Waals surface area contributed by atoms with Gasteiger partial charge >= 0.3 is 6.09 Å². The number of rotatable bonds is 11. The highest BCUT2D eigenvalue weighted by Crippen LogP contribution is 2.45. The molecule has 2 saturated carbocycles. The van der Waals surface area contributed by atoms with E-state index in [9.17, 15) is 32.7 Å². The number of sulfonamides is 1. The van der Waals surface area contributed by atoms with Crippen LogP contribution >= 0.6 is 11.6 Å². The largest absolute Gasteiger partial charge is 0.494 e. The SMILES string of the molecule is C=CC1CC1(NC(=O)[C@@H]1C[C@@H](Oc2ncc(OC)c3ccc(Cl)cc23)CN1C(=O)[C@@H](NC(=O)O)C(C)(C)C)C(=O)NS(=O)(=O)C1CC1. The number of carbonyl (C=O) groups is 4. The van der Waals surface area contributed by atoms with E-state index in [0.717, 1.165) is 0 Å². The summed E-state index contributed by atoms with van der Waals surface area (Å²) in [6, 6.07) is 2.63. The zero-order valence-electron chi connectivity index (χ0n) is 26.4. The lowest BCUT2D eigenvalue weighted by Gasteiger charge is -2.35. The van der Waals surface area contributed by atoms with E-state index in [1.807, 2.05) is 0 Å². The molecule has 5 atom stereocenters. The minimum Gasteiger partial charge on any atom is -0.494 e. The van der Waals surface area contributed by atoms with Crippen molar-refractivity contribution < 1.29 is 42.2 Å². The van der Waals surface area contributed by atoms with Gasteiger partial charge in [0.05, 0.1) is 25.1 Å². The summed E-state index contributed by atoms with van der Waals surface area (Å²) in [5.41, 5.74) is -2.47. The van der Waals surface area contributed by atoms with Crippen molar-refractivity contribution in [1.29, 1.82) is 0 Å². The number of hydrogen-bond acceptors (Lipinski definition) is 9. The molecule has 1 aromatic heterocycles. The predicted octanol–water partition coefficient (Wildman–Crippen LogP) is 2.60. The zero-order valence-corrected chi connectivity index (χ0v) is 28.0. The van der Waals surface area contributed by atoms with Crippen LogP contribution in [-0.4, -0.2) is 89.9 Å². The summed E-state index contributed by atoms with van der Waals surface area (Å²) in [6.07, 6.45) is 1.67. The van der Waals surface area contributed by atoms with Crippen molar-refractivity contribution in [2.75, 3.05) is 13.7 Å². The van der Waals surface area contributed by atoms with E-state index in [0.29, 0.717) is 34.4 Å². The van der Waals surface area contributed by atoms with Gasteiger partial charge in [0.2, 0.25) is 27.7 Å². The van der Waals surface area contributed by atoms with Crippen LogP contribution in [0.15, 0.2) is 37.1 Å². The number of nitrogens with zero attached hydrogens (tertiary/aromatic N) is 2. The maximum absolute atomic E-state index is 14.0. The van der Waals surface area contributed by atoms with Gasteiger partial charge in [-0.05, 0) is 42.9 Å². The highest BCUT2D eigenvalue weighted by molar-refractivity contribution is 7.91. The third-order valence-electron chi connectivity index (χ3n) is 8.75. The number of halogens is 1.